The zero-order chi connectivity index (χ0) is 9.40. The second kappa shape index (κ2) is 7.53. The lowest BCUT2D eigenvalue weighted by Crippen LogP contribution is -2.40. The monoisotopic (exact) mass is 174 g/mol. The highest BCUT2D eigenvalue weighted by Gasteiger charge is 2.08. The third-order valence-electron chi connectivity index (χ3n) is 1.68. The minimum Gasteiger partial charge on any atom is -0.362 e. The van der Waals surface area contributed by atoms with Crippen LogP contribution in [0.5, 0.6) is 0 Å². The van der Waals surface area contributed by atoms with Gasteiger partial charge in [-0.3, -0.25) is 4.90 Å². The van der Waals surface area contributed by atoms with Gasteiger partial charge in [0.05, 0.1) is 0 Å². The Morgan fingerprint density at radius 3 is 2.42 bits per heavy atom. The summed E-state index contributed by atoms with van der Waals surface area (Å²) in [4.78, 5) is 2.09. The van der Waals surface area contributed by atoms with E-state index in [-0.39, 0.29) is 6.23 Å². The molecule has 3 heteroatoms. The van der Waals surface area contributed by atoms with E-state index in [0.717, 1.165) is 19.7 Å². The Kier molecular flexibility index (Phi) is 7.45. The highest BCUT2D eigenvalue weighted by Crippen LogP contribution is 1.93. The Morgan fingerprint density at radius 2 is 2.00 bits per heavy atom. The average molecular weight is 174 g/mol. The molecule has 0 aliphatic heterocycles. The van der Waals surface area contributed by atoms with Crippen LogP contribution < -0.4 is 5.32 Å². The summed E-state index contributed by atoms with van der Waals surface area (Å²) >= 11 is 0. The zero-order valence-corrected chi connectivity index (χ0v) is 8.76. The van der Waals surface area contributed by atoms with Crippen molar-refractivity contribution in [3.8, 4) is 0 Å². The van der Waals surface area contributed by atoms with Crippen LogP contribution in [0.15, 0.2) is 0 Å². The first-order valence-electron chi connectivity index (χ1n) is 4.71. The number of hydrogen-bond acceptors (Lipinski definition) is 3. The Bertz CT molecular complexity index is 96.5. The van der Waals surface area contributed by atoms with Crippen molar-refractivity contribution >= 4 is 0 Å². The summed E-state index contributed by atoms with van der Waals surface area (Å²) in [5.41, 5.74) is 0. The van der Waals surface area contributed by atoms with Gasteiger partial charge in [-0.15, -0.1) is 0 Å². The number of nitrogens with one attached hydrogen (secondary N) is 1. The van der Waals surface area contributed by atoms with E-state index in [1.54, 1.807) is 0 Å². The molecule has 1 atom stereocenters. The van der Waals surface area contributed by atoms with Gasteiger partial charge in [-0.25, -0.2) is 0 Å². The van der Waals surface area contributed by atoms with E-state index in [2.05, 4.69) is 17.1 Å². The van der Waals surface area contributed by atoms with Crippen LogP contribution in [0.2, 0.25) is 0 Å². The summed E-state index contributed by atoms with van der Waals surface area (Å²) in [6.45, 7) is 6.94. The average Bonchev–Trinajstić information content (AvgIpc) is 2.03. The van der Waals surface area contributed by atoms with E-state index in [9.17, 15) is 0 Å². The molecule has 0 saturated carbocycles. The van der Waals surface area contributed by atoms with Crippen LogP contribution in [0.1, 0.15) is 20.3 Å². The van der Waals surface area contributed by atoms with Gasteiger partial charge in [0.25, 0.3) is 0 Å². The van der Waals surface area contributed by atoms with Gasteiger partial charge in [0.1, 0.15) is 6.23 Å². The van der Waals surface area contributed by atoms with Gasteiger partial charge < -0.3 is 10.1 Å². The molecule has 74 valence electrons. The fourth-order valence-electron chi connectivity index (χ4n) is 0.985. The molecule has 1 N–H and O–H groups in total. The normalized spacial score (nSPS) is 13.8. The van der Waals surface area contributed by atoms with E-state index < -0.39 is 0 Å². The van der Waals surface area contributed by atoms with Crippen molar-refractivity contribution in [1.82, 2.24) is 10.2 Å². The Morgan fingerprint density at radius 1 is 1.33 bits per heavy atom. The molecule has 0 aromatic heterocycles. The molecule has 1 unspecified atom stereocenters. The van der Waals surface area contributed by atoms with E-state index >= 15 is 0 Å². The first-order valence-corrected chi connectivity index (χ1v) is 4.71. The minimum atomic E-state index is 0.210. The molecule has 12 heavy (non-hydrogen) atoms. The topological polar surface area (TPSA) is 24.5 Å². The number of hydrogen-bond donors (Lipinski definition) is 1. The summed E-state index contributed by atoms with van der Waals surface area (Å²) in [5, 5.41) is 3.33. The molecular weight excluding hydrogens is 152 g/mol. The molecule has 0 bridgehead atoms. The summed E-state index contributed by atoms with van der Waals surface area (Å²) in [6, 6.07) is 0. The number of likely N-dealkylation sites (N-methyl/N-ethyl adjacent to an activating group) is 1. The van der Waals surface area contributed by atoms with Crippen molar-refractivity contribution in [3.05, 3.63) is 0 Å². The van der Waals surface area contributed by atoms with Crippen LogP contribution in [0.3, 0.4) is 0 Å². The first-order chi connectivity index (χ1) is 5.72. The van der Waals surface area contributed by atoms with Gasteiger partial charge in [-0.2, -0.15) is 0 Å². The minimum absolute atomic E-state index is 0.210. The SMILES string of the molecule is CCCNCC(OCC)N(C)C. The molecule has 0 radical (unpaired) electrons. The highest BCUT2D eigenvalue weighted by atomic mass is 16.5. The van der Waals surface area contributed by atoms with Gasteiger partial charge in [-0.05, 0) is 34.0 Å². The van der Waals surface area contributed by atoms with Gasteiger partial charge >= 0.3 is 0 Å². The molecule has 0 aromatic rings. The van der Waals surface area contributed by atoms with Crippen molar-refractivity contribution in [3.63, 3.8) is 0 Å². The lowest BCUT2D eigenvalue weighted by Gasteiger charge is -2.24. The molecule has 0 aromatic carbocycles. The maximum atomic E-state index is 5.51. The summed E-state index contributed by atoms with van der Waals surface area (Å²) in [5.74, 6) is 0. The molecule has 3 nitrogen and oxygen atoms in total. The van der Waals surface area contributed by atoms with Crippen LogP contribution in [0.4, 0.5) is 0 Å². The lowest BCUT2D eigenvalue weighted by molar-refractivity contribution is -0.0280. The van der Waals surface area contributed by atoms with Gasteiger partial charge in [0.15, 0.2) is 0 Å². The van der Waals surface area contributed by atoms with Gasteiger partial charge in [0.2, 0.25) is 0 Å². The third kappa shape index (κ3) is 5.52. The fraction of sp³-hybridized carbons (Fsp3) is 1.00. The number of ether oxygens (including phenoxy) is 1. The summed E-state index contributed by atoms with van der Waals surface area (Å²) in [6.07, 6.45) is 1.38. The second-order valence-electron chi connectivity index (χ2n) is 3.08. The summed E-state index contributed by atoms with van der Waals surface area (Å²) in [7, 11) is 4.07. The molecule has 0 fully saturated rings. The fourth-order valence-corrected chi connectivity index (χ4v) is 0.985. The third-order valence-corrected chi connectivity index (χ3v) is 1.68. The van der Waals surface area contributed by atoms with Crippen LogP contribution in [-0.4, -0.2) is 44.9 Å². The maximum Gasteiger partial charge on any atom is 0.122 e. The molecule has 0 spiro atoms. The standard InChI is InChI=1S/C9H22N2O/c1-5-7-10-8-9(11(3)4)12-6-2/h9-10H,5-8H2,1-4H3. The largest absolute Gasteiger partial charge is 0.362 e. The zero-order valence-electron chi connectivity index (χ0n) is 8.76. The van der Waals surface area contributed by atoms with Crippen LogP contribution >= 0.6 is 0 Å². The van der Waals surface area contributed by atoms with Crippen LogP contribution in [0.25, 0.3) is 0 Å². The smallest absolute Gasteiger partial charge is 0.122 e. The Labute approximate surface area is 76.1 Å². The second-order valence-corrected chi connectivity index (χ2v) is 3.08. The van der Waals surface area contributed by atoms with Crippen LogP contribution in [-0.2, 0) is 4.74 Å². The van der Waals surface area contributed by atoms with Crippen molar-refractivity contribution in [2.45, 2.75) is 26.5 Å². The van der Waals surface area contributed by atoms with Crippen LogP contribution in [0, 0.1) is 0 Å². The van der Waals surface area contributed by atoms with Crippen molar-refractivity contribution in [2.24, 2.45) is 0 Å². The number of nitrogens with zero attached hydrogens (tertiary/aromatic N) is 1. The number of rotatable bonds is 7. The molecule has 0 saturated heterocycles. The molecule has 0 amide bonds. The lowest BCUT2D eigenvalue weighted by atomic mass is 10.4. The molecular formula is C9H22N2O. The molecule has 0 heterocycles. The van der Waals surface area contributed by atoms with Gasteiger partial charge in [0, 0.05) is 13.2 Å². The quantitative estimate of drug-likeness (QED) is 0.458. The Hall–Kier alpha value is -0.120. The Balaban J connectivity index is 3.49. The van der Waals surface area contributed by atoms with E-state index in [1.165, 1.54) is 6.42 Å². The van der Waals surface area contributed by atoms with Crippen molar-refractivity contribution in [1.29, 1.82) is 0 Å². The maximum absolute atomic E-state index is 5.51. The van der Waals surface area contributed by atoms with E-state index in [0.29, 0.717) is 0 Å². The molecule has 0 rings (SSSR count). The van der Waals surface area contributed by atoms with Crippen molar-refractivity contribution < 1.29 is 4.74 Å². The van der Waals surface area contributed by atoms with E-state index in [4.69, 9.17) is 4.74 Å². The highest BCUT2D eigenvalue weighted by molar-refractivity contribution is 4.57. The first kappa shape index (κ1) is 11.9. The predicted octanol–water partition coefficient (Wildman–Crippen LogP) is 0.910. The molecule has 0 aliphatic carbocycles. The predicted molar refractivity (Wildman–Crippen MR) is 52.3 cm³/mol. The summed E-state index contributed by atoms with van der Waals surface area (Å²) < 4.78 is 5.51. The van der Waals surface area contributed by atoms with E-state index in [1.807, 2.05) is 21.0 Å². The van der Waals surface area contributed by atoms with Gasteiger partial charge in [-0.1, -0.05) is 6.92 Å². The molecule has 0 aliphatic rings. The van der Waals surface area contributed by atoms with Crippen molar-refractivity contribution in [2.75, 3.05) is 33.8 Å².